The molecule has 6 nitrogen and oxygen atoms in total. The zero-order chi connectivity index (χ0) is 19.2. The lowest BCUT2D eigenvalue weighted by Crippen LogP contribution is -2.57. The van der Waals surface area contributed by atoms with Gasteiger partial charge in [0.1, 0.15) is 11.5 Å². The lowest BCUT2D eigenvalue weighted by molar-refractivity contribution is -0.138. The molecule has 2 aliphatic heterocycles. The van der Waals surface area contributed by atoms with Gasteiger partial charge in [0.2, 0.25) is 5.91 Å². The zero-order valence-corrected chi connectivity index (χ0v) is 16.3. The summed E-state index contributed by atoms with van der Waals surface area (Å²) in [5, 5.41) is 0. The van der Waals surface area contributed by atoms with Crippen molar-refractivity contribution in [2.75, 3.05) is 20.3 Å². The molecule has 0 spiro atoms. The number of hydrogen-bond acceptors (Lipinski definition) is 4. The molecule has 0 aromatic heterocycles. The Morgan fingerprint density at radius 3 is 2.48 bits per heavy atom. The minimum Gasteiger partial charge on any atom is -0.497 e. The van der Waals surface area contributed by atoms with Gasteiger partial charge in [-0.15, -0.1) is 0 Å². The average Bonchev–Trinajstić information content (AvgIpc) is 2.96. The minimum atomic E-state index is 0.00259. The molecule has 2 saturated heterocycles. The SMILES string of the molecule is COc1ccc(OCC(=O)N2[C@@H]3CN(C(C)=O)[C@@H]4CCC[C@H]2[C@]4(C)C3)cc1. The summed E-state index contributed by atoms with van der Waals surface area (Å²) >= 11 is 0. The van der Waals surface area contributed by atoms with Crippen molar-refractivity contribution in [2.45, 2.75) is 57.7 Å². The molecule has 2 bridgehead atoms. The fourth-order valence-electron chi connectivity index (χ4n) is 5.61. The Morgan fingerprint density at radius 2 is 1.81 bits per heavy atom. The third-order valence-corrected chi connectivity index (χ3v) is 6.78. The molecule has 3 aliphatic rings. The van der Waals surface area contributed by atoms with Gasteiger partial charge in [0.25, 0.3) is 5.91 Å². The molecule has 0 radical (unpaired) electrons. The molecular weight excluding hydrogens is 344 g/mol. The topological polar surface area (TPSA) is 59.1 Å². The van der Waals surface area contributed by atoms with E-state index in [1.807, 2.05) is 34.1 Å². The van der Waals surface area contributed by atoms with Gasteiger partial charge in [-0.25, -0.2) is 0 Å². The van der Waals surface area contributed by atoms with E-state index in [2.05, 4.69) is 6.92 Å². The Hall–Kier alpha value is -2.24. The van der Waals surface area contributed by atoms with Crippen LogP contribution in [0.5, 0.6) is 11.5 Å². The quantitative estimate of drug-likeness (QED) is 0.815. The summed E-state index contributed by atoms with van der Waals surface area (Å²) in [5.41, 5.74) is 0.00259. The van der Waals surface area contributed by atoms with Gasteiger partial charge < -0.3 is 19.3 Å². The number of piperidine rings is 1. The molecule has 4 rings (SSSR count). The van der Waals surface area contributed by atoms with E-state index in [0.29, 0.717) is 12.3 Å². The van der Waals surface area contributed by atoms with Crippen LogP contribution in [0.2, 0.25) is 0 Å². The summed E-state index contributed by atoms with van der Waals surface area (Å²) < 4.78 is 10.9. The Kier molecular flexibility index (Phi) is 4.52. The fraction of sp³-hybridized carbons (Fsp3) is 0.619. The zero-order valence-electron chi connectivity index (χ0n) is 16.3. The van der Waals surface area contributed by atoms with Gasteiger partial charge in [0.15, 0.2) is 6.61 Å². The number of methoxy groups -OCH3 is 1. The Bertz CT molecular complexity index is 734. The summed E-state index contributed by atoms with van der Waals surface area (Å²) in [6.07, 6.45) is 4.11. The first kappa shape index (κ1) is 18.1. The second-order valence-corrected chi connectivity index (χ2v) is 8.26. The number of likely N-dealkylation sites (tertiary alicyclic amines) is 2. The fourth-order valence-corrected chi connectivity index (χ4v) is 5.61. The summed E-state index contributed by atoms with van der Waals surface area (Å²) in [5.74, 6) is 1.56. The maximum absolute atomic E-state index is 13.1. The lowest BCUT2D eigenvalue weighted by Gasteiger charge is -2.49. The van der Waals surface area contributed by atoms with Crippen molar-refractivity contribution in [1.82, 2.24) is 9.80 Å². The number of carbonyl (C=O) groups excluding carboxylic acids is 2. The summed E-state index contributed by atoms with van der Waals surface area (Å²) in [6.45, 7) is 4.60. The summed E-state index contributed by atoms with van der Waals surface area (Å²) in [7, 11) is 1.62. The van der Waals surface area contributed by atoms with E-state index >= 15 is 0 Å². The van der Waals surface area contributed by atoms with Crippen LogP contribution in [0.4, 0.5) is 0 Å². The van der Waals surface area contributed by atoms with Gasteiger partial charge in [0, 0.05) is 31.0 Å². The molecule has 2 heterocycles. The van der Waals surface area contributed by atoms with Crippen LogP contribution in [-0.4, -0.2) is 60.0 Å². The molecule has 4 atom stereocenters. The second kappa shape index (κ2) is 6.73. The first-order valence-corrected chi connectivity index (χ1v) is 9.79. The maximum Gasteiger partial charge on any atom is 0.261 e. The minimum absolute atomic E-state index is 0.00259. The number of hydrogen-bond donors (Lipinski definition) is 0. The van der Waals surface area contributed by atoms with E-state index in [1.54, 1.807) is 14.0 Å². The Balaban J connectivity index is 1.49. The van der Waals surface area contributed by atoms with E-state index in [9.17, 15) is 9.59 Å². The normalized spacial score (nSPS) is 31.6. The van der Waals surface area contributed by atoms with Gasteiger partial charge in [-0.05, 0) is 49.9 Å². The van der Waals surface area contributed by atoms with Gasteiger partial charge >= 0.3 is 0 Å². The number of carbonyl (C=O) groups is 2. The number of ether oxygens (including phenoxy) is 2. The van der Waals surface area contributed by atoms with Crippen molar-refractivity contribution in [3.8, 4) is 11.5 Å². The molecule has 0 N–H and O–H groups in total. The molecule has 1 aliphatic carbocycles. The van der Waals surface area contributed by atoms with Crippen molar-refractivity contribution in [3.05, 3.63) is 24.3 Å². The molecule has 27 heavy (non-hydrogen) atoms. The molecule has 1 saturated carbocycles. The van der Waals surface area contributed by atoms with Gasteiger partial charge in [-0.1, -0.05) is 6.92 Å². The van der Waals surface area contributed by atoms with E-state index in [-0.39, 0.29) is 42.0 Å². The molecule has 0 unspecified atom stereocenters. The smallest absolute Gasteiger partial charge is 0.261 e. The van der Waals surface area contributed by atoms with Crippen molar-refractivity contribution in [2.24, 2.45) is 5.41 Å². The molecule has 2 amide bonds. The predicted octanol–water partition coefficient (Wildman–Crippen LogP) is 2.46. The summed E-state index contributed by atoms with van der Waals surface area (Å²) in [4.78, 5) is 29.3. The Morgan fingerprint density at radius 1 is 1.15 bits per heavy atom. The monoisotopic (exact) mass is 372 g/mol. The summed E-state index contributed by atoms with van der Waals surface area (Å²) in [6, 6.07) is 7.82. The van der Waals surface area contributed by atoms with Crippen LogP contribution >= 0.6 is 0 Å². The predicted molar refractivity (Wildman–Crippen MR) is 101 cm³/mol. The van der Waals surface area contributed by atoms with Crippen LogP contribution in [0.3, 0.4) is 0 Å². The number of rotatable bonds is 4. The van der Waals surface area contributed by atoms with Gasteiger partial charge in [-0.3, -0.25) is 9.59 Å². The van der Waals surface area contributed by atoms with Gasteiger partial charge in [0.05, 0.1) is 13.2 Å². The third kappa shape index (κ3) is 2.95. The van der Waals surface area contributed by atoms with Crippen molar-refractivity contribution in [3.63, 3.8) is 0 Å². The molecular formula is C21H28N2O4. The van der Waals surface area contributed by atoms with Crippen molar-refractivity contribution < 1.29 is 19.1 Å². The second-order valence-electron chi connectivity index (χ2n) is 8.26. The van der Waals surface area contributed by atoms with Crippen LogP contribution in [0.25, 0.3) is 0 Å². The highest BCUT2D eigenvalue weighted by atomic mass is 16.5. The van der Waals surface area contributed by atoms with Crippen LogP contribution in [0, 0.1) is 5.41 Å². The highest BCUT2D eigenvalue weighted by molar-refractivity contribution is 5.80. The van der Waals surface area contributed by atoms with Crippen molar-refractivity contribution >= 4 is 11.8 Å². The standard InChI is InChI=1S/C21H28N2O4/c1-14(24)22-12-15-11-21(2)18(22)5-4-6-19(21)23(15)20(25)13-27-17-9-7-16(26-3)8-10-17/h7-10,15,18-19H,4-6,11-13H2,1-3H3/t15-,18+,19-,21+/m0/s1. The van der Waals surface area contributed by atoms with Crippen LogP contribution in [-0.2, 0) is 9.59 Å². The third-order valence-electron chi connectivity index (χ3n) is 6.78. The highest BCUT2D eigenvalue weighted by Gasteiger charge is 2.61. The largest absolute Gasteiger partial charge is 0.497 e. The Labute approximate surface area is 160 Å². The first-order chi connectivity index (χ1) is 12.9. The number of fused-ring (bicyclic) bond motifs is 1. The average molecular weight is 372 g/mol. The van der Waals surface area contributed by atoms with E-state index in [1.165, 1.54) is 0 Å². The first-order valence-electron chi connectivity index (χ1n) is 9.79. The van der Waals surface area contributed by atoms with E-state index in [0.717, 1.165) is 31.4 Å². The number of nitrogens with zero attached hydrogens (tertiary/aromatic N) is 2. The number of benzene rings is 1. The lowest BCUT2D eigenvalue weighted by atomic mass is 9.66. The molecule has 6 heteroatoms. The molecule has 146 valence electrons. The van der Waals surface area contributed by atoms with Crippen LogP contribution in [0.15, 0.2) is 24.3 Å². The van der Waals surface area contributed by atoms with Gasteiger partial charge in [-0.2, -0.15) is 0 Å². The molecule has 3 fully saturated rings. The maximum atomic E-state index is 13.1. The number of amides is 2. The van der Waals surface area contributed by atoms with Crippen molar-refractivity contribution in [1.29, 1.82) is 0 Å². The molecule has 1 aromatic rings. The van der Waals surface area contributed by atoms with E-state index in [4.69, 9.17) is 9.47 Å². The molecule has 1 aromatic carbocycles. The highest BCUT2D eigenvalue weighted by Crippen LogP contribution is 2.54. The van der Waals surface area contributed by atoms with Crippen LogP contribution < -0.4 is 9.47 Å². The van der Waals surface area contributed by atoms with Crippen LogP contribution in [0.1, 0.15) is 39.5 Å². The van der Waals surface area contributed by atoms with E-state index < -0.39 is 0 Å².